The molecule has 1 saturated heterocycles. The van der Waals surface area contributed by atoms with E-state index in [0.29, 0.717) is 31.0 Å². The summed E-state index contributed by atoms with van der Waals surface area (Å²) in [6, 6.07) is 5.74. The fourth-order valence-electron chi connectivity index (χ4n) is 2.41. The Balaban J connectivity index is 1.80. The van der Waals surface area contributed by atoms with Crippen LogP contribution >= 0.6 is 0 Å². The van der Waals surface area contributed by atoms with Crippen molar-refractivity contribution in [1.29, 1.82) is 0 Å². The molecular formula is C15H21NO5. The first-order valence-electron chi connectivity index (χ1n) is 6.94. The minimum atomic E-state index is -0.877. The van der Waals surface area contributed by atoms with E-state index in [1.807, 2.05) is 18.2 Å². The second-order valence-corrected chi connectivity index (χ2v) is 4.98. The monoisotopic (exact) mass is 295 g/mol. The van der Waals surface area contributed by atoms with Crippen LogP contribution in [-0.2, 0) is 16.1 Å². The van der Waals surface area contributed by atoms with Gasteiger partial charge in [-0.1, -0.05) is 6.07 Å². The van der Waals surface area contributed by atoms with Gasteiger partial charge in [-0.15, -0.1) is 0 Å². The van der Waals surface area contributed by atoms with Gasteiger partial charge in [0.1, 0.15) is 0 Å². The van der Waals surface area contributed by atoms with Crippen molar-refractivity contribution in [3.05, 3.63) is 23.8 Å². The number of ether oxygens (including phenoxy) is 3. The smallest absolute Gasteiger partial charge is 0.332 e. The molecule has 0 aliphatic carbocycles. The van der Waals surface area contributed by atoms with E-state index in [0.717, 1.165) is 12.0 Å². The molecule has 0 spiro atoms. The molecule has 1 aliphatic heterocycles. The molecule has 2 N–H and O–H groups in total. The second kappa shape index (κ2) is 7.28. The van der Waals surface area contributed by atoms with Crippen molar-refractivity contribution in [2.24, 2.45) is 0 Å². The molecular weight excluding hydrogens is 274 g/mol. The molecule has 116 valence electrons. The topological polar surface area (TPSA) is 77.0 Å². The Morgan fingerprint density at radius 1 is 1.33 bits per heavy atom. The van der Waals surface area contributed by atoms with Crippen LogP contribution in [0.3, 0.4) is 0 Å². The molecule has 21 heavy (non-hydrogen) atoms. The fourth-order valence-corrected chi connectivity index (χ4v) is 2.41. The zero-order chi connectivity index (χ0) is 15.2. The first-order chi connectivity index (χ1) is 10.1. The van der Waals surface area contributed by atoms with E-state index in [1.165, 1.54) is 0 Å². The molecule has 0 aromatic heterocycles. The van der Waals surface area contributed by atoms with Crippen LogP contribution in [0.15, 0.2) is 18.2 Å². The van der Waals surface area contributed by atoms with Gasteiger partial charge in [0, 0.05) is 13.1 Å². The Morgan fingerprint density at radius 3 is 2.71 bits per heavy atom. The Bertz CT molecular complexity index is 491. The van der Waals surface area contributed by atoms with Crippen LogP contribution in [0.2, 0.25) is 0 Å². The van der Waals surface area contributed by atoms with Gasteiger partial charge in [0.05, 0.1) is 20.3 Å². The normalized spacial score (nSPS) is 21.2. The number of rotatable bonds is 7. The maximum atomic E-state index is 10.8. The molecule has 2 atom stereocenters. The zero-order valence-electron chi connectivity index (χ0n) is 12.3. The summed E-state index contributed by atoms with van der Waals surface area (Å²) in [7, 11) is 3.21. The molecule has 1 fully saturated rings. The predicted octanol–water partition coefficient (Wildman–Crippen LogP) is 1.43. The van der Waals surface area contributed by atoms with Crippen LogP contribution in [0.25, 0.3) is 0 Å². The average Bonchev–Trinajstić information content (AvgIpc) is 2.96. The maximum Gasteiger partial charge on any atom is 0.332 e. The van der Waals surface area contributed by atoms with Gasteiger partial charge in [0.25, 0.3) is 0 Å². The summed E-state index contributed by atoms with van der Waals surface area (Å²) in [6.07, 6.45) is 0.664. The molecule has 1 aliphatic rings. The second-order valence-electron chi connectivity index (χ2n) is 4.98. The first kappa shape index (κ1) is 15.6. The summed E-state index contributed by atoms with van der Waals surface area (Å²) in [5.41, 5.74) is 1.07. The van der Waals surface area contributed by atoms with Gasteiger partial charge in [-0.25, -0.2) is 4.79 Å². The quantitative estimate of drug-likeness (QED) is 0.792. The van der Waals surface area contributed by atoms with Crippen molar-refractivity contribution >= 4 is 5.97 Å². The van der Waals surface area contributed by atoms with Gasteiger partial charge in [-0.3, -0.25) is 0 Å². The summed E-state index contributed by atoms with van der Waals surface area (Å²) in [4.78, 5) is 10.8. The molecule has 0 saturated carbocycles. The third kappa shape index (κ3) is 4.09. The van der Waals surface area contributed by atoms with Gasteiger partial charge in [-0.05, 0) is 30.5 Å². The lowest BCUT2D eigenvalue weighted by atomic mass is 10.1. The number of aliphatic carboxylic acids is 1. The fraction of sp³-hybridized carbons (Fsp3) is 0.533. The zero-order valence-corrected chi connectivity index (χ0v) is 12.3. The third-order valence-electron chi connectivity index (χ3n) is 3.53. The number of carboxylic acids is 1. The Hall–Kier alpha value is -1.79. The van der Waals surface area contributed by atoms with E-state index in [4.69, 9.17) is 19.3 Å². The van der Waals surface area contributed by atoms with Gasteiger partial charge in [-0.2, -0.15) is 0 Å². The van der Waals surface area contributed by atoms with Crippen LogP contribution in [0.1, 0.15) is 18.4 Å². The van der Waals surface area contributed by atoms with Gasteiger partial charge < -0.3 is 24.6 Å². The molecule has 6 nitrogen and oxygen atoms in total. The number of hydrogen-bond acceptors (Lipinski definition) is 5. The lowest BCUT2D eigenvalue weighted by molar-refractivity contribution is -0.149. The number of hydrogen-bond donors (Lipinski definition) is 2. The highest BCUT2D eigenvalue weighted by molar-refractivity contribution is 5.72. The molecule has 2 rings (SSSR count). The first-order valence-corrected chi connectivity index (χ1v) is 6.94. The lowest BCUT2D eigenvalue weighted by Crippen LogP contribution is -2.28. The summed E-state index contributed by atoms with van der Waals surface area (Å²) >= 11 is 0. The Morgan fingerprint density at radius 2 is 2.10 bits per heavy atom. The summed E-state index contributed by atoms with van der Waals surface area (Å²) in [6.45, 7) is 1.30. The Kier molecular flexibility index (Phi) is 5.41. The van der Waals surface area contributed by atoms with E-state index in [9.17, 15) is 4.79 Å². The third-order valence-corrected chi connectivity index (χ3v) is 3.53. The molecule has 1 heterocycles. The minimum absolute atomic E-state index is 0.0359. The highest BCUT2D eigenvalue weighted by atomic mass is 16.5. The van der Waals surface area contributed by atoms with Gasteiger partial charge in [0.15, 0.2) is 17.6 Å². The molecule has 2 unspecified atom stereocenters. The highest BCUT2D eigenvalue weighted by Gasteiger charge is 2.29. The average molecular weight is 295 g/mol. The number of carbonyl (C=O) groups is 1. The molecule has 0 bridgehead atoms. The van der Waals surface area contributed by atoms with Crippen LogP contribution < -0.4 is 14.8 Å². The molecule has 6 heteroatoms. The summed E-state index contributed by atoms with van der Waals surface area (Å²) in [5.74, 6) is 0.516. The van der Waals surface area contributed by atoms with Crippen LogP contribution in [0.4, 0.5) is 0 Å². The lowest BCUT2D eigenvalue weighted by Gasteiger charge is -2.13. The van der Waals surface area contributed by atoms with Crippen molar-refractivity contribution in [3.63, 3.8) is 0 Å². The van der Waals surface area contributed by atoms with Gasteiger partial charge >= 0.3 is 5.97 Å². The van der Waals surface area contributed by atoms with Crippen LogP contribution in [0, 0.1) is 0 Å². The van der Waals surface area contributed by atoms with Crippen LogP contribution in [-0.4, -0.2) is 44.0 Å². The van der Waals surface area contributed by atoms with Crippen molar-refractivity contribution in [3.8, 4) is 11.5 Å². The summed E-state index contributed by atoms with van der Waals surface area (Å²) in [5, 5.41) is 12.1. The minimum Gasteiger partial charge on any atom is -0.493 e. The van der Waals surface area contributed by atoms with Crippen LogP contribution in [0.5, 0.6) is 11.5 Å². The Labute approximate surface area is 124 Å². The number of nitrogens with one attached hydrogen (secondary N) is 1. The van der Waals surface area contributed by atoms with Gasteiger partial charge in [0.2, 0.25) is 0 Å². The largest absolute Gasteiger partial charge is 0.493 e. The number of methoxy groups -OCH3 is 2. The van der Waals surface area contributed by atoms with E-state index in [2.05, 4.69) is 5.32 Å². The maximum absolute atomic E-state index is 10.8. The summed E-state index contributed by atoms with van der Waals surface area (Å²) < 4.78 is 15.9. The molecule has 0 radical (unpaired) electrons. The molecule has 1 aromatic carbocycles. The van der Waals surface area contributed by atoms with Crippen molar-refractivity contribution in [2.45, 2.75) is 31.6 Å². The highest BCUT2D eigenvalue weighted by Crippen LogP contribution is 2.27. The van der Waals surface area contributed by atoms with Crippen molar-refractivity contribution < 1.29 is 24.1 Å². The molecule has 1 aromatic rings. The van der Waals surface area contributed by atoms with Crippen molar-refractivity contribution in [2.75, 3.05) is 20.8 Å². The van der Waals surface area contributed by atoms with E-state index in [-0.39, 0.29) is 6.10 Å². The molecule has 0 amide bonds. The van der Waals surface area contributed by atoms with E-state index in [1.54, 1.807) is 14.2 Å². The number of carboxylic acid groups (broad SMARTS) is 1. The van der Waals surface area contributed by atoms with E-state index < -0.39 is 12.1 Å². The standard InChI is InChI=1S/C15H21NO5/c1-19-12-5-3-10(7-14(12)20-2)8-16-9-11-4-6-13(21-11)15(17)18/h3,5,7,11,13,16H,4,6,8-9H2,1-2H3,(H,17,18). The van der Waals surface area contributed by atoms with E-state index >= 15 is 0 Å². The number of benzene rings is 1. The van der Waals surface area contributed by atoms with Crippen molar-refractivity contribution in [1.82, 2.24) is 5.32 Å². The SMILES string of the molecule is COc1ccc(CNCC2CCC(C(=O)O)O2)cc1OC. The predicted molar refractivity (Wildman–Crippen MR) is 76.8 cm³/mol.